The normalized spacial score (nSPS) is 11.5. The Morgan fingerprint density at radius 3 is 2.31 bits per heavy atom. The van der Waals surface area contributed by atoms with Crippen molar-refractivity contribution in [1.29, 1.82) is 0 Å². The van der Waals surface area contributed by atoms with E-state index in [0.29, 0.717) is 29.0 Å². The lowest BCUT2D eigenvalue weighted by atomic mass is 10.2. The molecule has 2 N–H and O–H groups in total. The van der Waals surface area contributed by atoms with Gasteiger partial charge >= 0.3 is 0 Å². The summed E-state index contributed by atoms with van der Waals surface area (Å²) in [6, 6.07) is 15.9. The first-order chi connectivity index (χ1) is 12.0. The van der Waals surface area contributed by atoms with Crippen LogP contribution in [-0.4, -0.2) is 33.2 Å². The smallest absolute Gasteiger partial charge is 0.191 e. The topological polar surface area (TPSA) is 70.6 Å². The minimum Gasteiger partial charge on any atom is -0.357 e. The predicted molar refractivity (Wildman–Crippen MR) is 118 cm³/mol. The van der Waals surface area contributed by atoms with Gasteiger partial charge in [-0.3, -0.25) is 0 Å². The van der Waals surface area contributed by atoms with Gasteiger partial charge in [0.1, 0.15) is 0 Å². The lowest BCUT2D eigenvalue weighted by Gasteiger charge is -2.11. The first-order valence-corrected chi connectivity index (χ1v) is 10.1. The number of rotatable bonds is 7. The Hall–Kier alpha value is -1.32. The molecule has 0 unspecified atom stereocenters. The molecular weight excluding hydrogens is 485 g/mol. The second kappa shape index (κ2) is 11.4. The van der Waals surface area contributed by atoms with Gasteiger partial charge in [0, 0.05) is 18.1 Å². The highest BCUT2D eigenvalue weighted by Gasteiger charge is 2.13. The summed E-state index contributed by atoms with van der Waals surface area (Å²) in [5.41, 5.74) is 1.03. The van der Waals surface area contributed by atoms with Gasteiger partial charge in [-0.15, -0.1) is 24.0 Å². The third kappa shape index (κ3) is 7.51. The molecule has 0 aromatic heterocycles. The number of nitrogens with zero attached hydrogens (tertiary/aromatic N) is 1. The second-order valence-electron chi connectivity index (χ2n) is 5.38. The molecule has 26 heavy (non-hydrogen) atoms. The van der Waals surface area contributed by atoms with Gasteiger partial charge in [0.15, 0.2) is 15.8 Å². The Balaban J connectivity index is 0.00000338. The average Bonchev–Trinajstić information content (AvgIpc) is 2.61. The van der Waals surface area contributed by atoms with Gasteiger partial charge in [0.25, 0.3) is 0 Å². The van der Waals surface area contributed by atoms with Crippen LogP contribution in [0.3, 0.4) is 0 Å². The number of nitrogens with one attached hydrogen (secondary N) is 2. The van der Waals surface area contributed by atoms with E-state index < -0.39 is 9.84 Å². The number of halogens is 2. The third-order valence-corrected chi connectivity index (χ3v) is 5.43. The van der Waals surface area contributed by atoms with E-state index in [1.165, 1.54) is 0 Å². The zero-order valence-electron chi connectivity index (χ0n) is 14.5. The first-order valence-electron chi connectivity index (χ1n) is 8.05. The van der Waals surface area contributed by atoms with Gasteiger partial charge in [0.05, 0.1) is 17.2 Å². The summed E-state index contributed by atoms with van der Waals surface area (Å²) in [5.74, 6) is 0.586. The van der Waals surface area contributed by atoms with Crippen LogP contribution in [0.2, 0.25) is 5.02 Å². The molecule has 0 aliphatic heterocycles. The van der Waals surface area contributed by atoms with Crippen molar-refractivity contribution in [1.82, 2.24) is 10.6 Å². The maximum absolute atomic E-state index is 12.3. The molecule has 142 valence electrons. The Bertz CT molecular complexity index is 797. The van der Waals surface area contributed by atoms with Crippen molar-refractivity contribution in [3.63, 3.8) is 0 Å². The zero-order chi connectivity index (χ0) is 18.1. The third-order valence-electron chi connectivity index (χ3n) is 3.44. The van der Waals surface area contributed by atoms with E-state index >= 15 is 0 Å². The highest BCUT2D eigenvalue weighted by Crippen LogP contribution is 2.10. The first kappa shape index (κ1) is 22.7. The molecule has 0 radical (unpaired) electrons. The number of hydrogen-bond donors (Lipinski definition) is 2. The summed E-state index contributed by atoms with van der Waals surface area (Å²) in [6.07, 6.45) is 0. The van der Waals surface area contributed by atoms with Crippen molar-refractivity contribution in [3.8, 4) is 0 Å². The summed E-state index contributed by atoms with van der Waals surface area (Å²) in [4.78, 5) is 4.80. The Labute approximate surface area is 177 Å². The van der Waals surface area contributed by atoms with Crippen molar-refractivity contribution >= 4 is 51.4 Å². The number of guanidine groups is 1. The molecule has 8 heteroatoms. The standard InChI is InChI=1S/C18H22ClN3O2S.HI/c1-2-20-18(22-14-15-8-10-16(19)11-9-15)21-12-13-25(23,24)17-6-4-3-5-7-17;/h3-11H,2,12-14H2,1H3,(H2,20,21,22);1H. The molecule has 5 nitrogen and oxygen atoms in total. The van der Waals surface area contributed by atoms with Gasteiger partial charge in [-0.2, -0.15) is 0 Å². The van der Waals surface area contributed by atoms with Crippen LogP contribution >= 0.6 is 35.6 Å². The second-order valence-corrected chi connectivity index (χ2v) is 7.93. The van der Waals surface area contributed by atoms with E-state index in [4.69, 9.17) is 11.6 Å². The molecule has 0 aliphatic rings. The van der Waals surface area contributed by atoms with Crippen LogP contribution in [0.5, 0.6) is 0 Å². The van der Waals surface area contributed by atoms with Crippen molar-refractivity contribution in [2.45, 2.75) is 18.4 Å². The average molecular weight is 508 g/mol. The molecule has 0 atom stereocenters. The lowest BCUT2D eigenvalue weighted by molar-refractivity contribution is 0.594. The molecule has 0 saturated heterocycles. The summed E-state index contributed by atoms with van der Waals surface area (Å²) in [5, 5.41) is 6.85. The van der Waals surface area contributed by atoms with E-state index in [9.17, 15) is 8.42 Å². The van der Waals surface area contributed by atoms with Gasteiger partial charge < -0.3 is 10.6 Å². The Morgan fingerprint density at radius 1 is 1.04 bits per heavy atom. The van der Waals surface area contributed by atoms with E-state index in [1.54, 1.807) is 30.3 Å². The molecule has 0 spiro atoms. The zero-order valence-corrected chi connectivity index (χ0v) is 18.4. The summed E-state index contributed by atoms with van der Waals surface area (Å²) < 4.78 is 24.5. The van der Waals surface area contributed by atoms with E-state index in [0.717, 1.165) is 5.56 Å². The van der Waals surface area contributed by atoms with Crippen molar-refractivity contribution < 1.29 is 8.42 Å². The molecule has 2 rings (SSSR count). The molecule has 0 saturated carbocycles. The summed E-state index contributed by atoms with van der Waals surface area (Å²) in [7, 11) is -3.30. The molecule has 2 aromatic rings. The summed E-state index contributed by atoms with van der Waals surface area (Å²) >= 11 is 5.87. The number of sulfone groups is 1. The monoisotopic (exact) mass is 507 g/mol. The van der Waals surface area contributed by atoms with Crippen LogP contribution in [0.15, 0.2) is 64.5 Å². The van der Waals surface area contributed by atoms with Gasteiger partial charge in [0.2, 0.25) is 0 Å². The quantitative estimate of drug-likeness (QED) is 0.342. The molecule has 0 heterocycles. The van der Waals surface area contributed by atoms with Gasteiger partial charge in [-0.1, -0.05) is 41.9 Å². The van der Waals surface area contributed by atoms with Crippen LogP contribution in [-0.2, 0) is 16.4 Å². The minimum absolute atomic E-state index is 0. The van der Waals surface area contributed by atoms with Crippen LogP contribution in [0.1, 0.15) is 12.5 Å². The fourth-order valence-electron chi connectivity index (χ4n) is 2.15. The fourth-order valence-corrected chi connectivity index (χ4v) is 3.46. The van der Waals surface area contributed by atoms with Crippen LogP contribution < -0.4 is 10.6 Å². The largest absolute Gasteiger partial charge is 0.357 e. The van der Waals surface area contributed by atoms with Crippen molar-refractivity contribution in [2.75, 3.05) is 18.8 Å². The molecule has 0 amide bonds. The number of benzene rings is 2. The van der Waals surface area contributed by atoms with E-state index in [-0.39, 0.29) is 36.3 Å². The molecule has 2 aromatic carbocycles. The highest BCUT2D eigenvalue weighted by molar-refractivity contribution is 14.0. The molecule has 0 aliphatic carbocycles. The van der Waals surface area contributed by atoms with E-state index in [1.807, 2.05) is 31.2 Å². The van der Waals surface area contributed by atoms with Crippen LogP contribution in [0.4, 0.5) is 0 Å². The predicted octanol–water partition coefficient (Wildman–Crippen LogP) is 3.49. The van der Waals surface area contributed by atoms with Crippen LogP contribution in [0, 0.1) is 0 Å². The number of hydrogen-bond acceptors (Lipinski definition) is 3. The van der Waals surface area contributed by atoms with E-state index in [2.05, 4.69) is 15.6 Å². The molecule has 0 fully saturated rings. The van der Waals surface area contributed by atoms with Gasteiger partial charge in [-0.25, -0.2) is 13.4 Å². The molecular formula is C18H23ClIN3O2S. The SMILES string of the molecule is CCNC(=NCc1ccc(Cl)cc1)NCCS(=O)(=O)c1ccccc1.I. The maximum atomic E-state index is 12.3. The Morgan fingerprint density at radius 2 is 1.69 bits per heavy atom. The van der Waals surface area contributed by atoms with Crippen LogP contribution in [0.25, 0.3) is 0 Å². The van der Waals surface area contributed by atoms with Crippen molar-refractivity contribution in [3.05, 3.63) is 65.2 Å². The number of aliphatic imine (C=N–C) groups is 1. The van der Waals surface area contributed by atoms with Gasteiger partial charge in [-0.05, 0) is 36.8 Å². The maximum Gasteiger partial charge on any atom is 0.191 e. The highest BCUT2D eigenvalue weighted by atomic mass is 127. The summed E-state index contributed by atoms with van der Waals surface area (Å²) in [6.45, 7) is 3.42. The Kier molecular flexibility index (Phi) is 9.97. The lowest BCUT2D eigenvalue weighted by Crippen LogP contribution is -2.39. The minimum atomic E-state index is -3.30. The van der Waals surface area contributed by atoms with Crippen molar-refractivity contribution in [2.24, 2.45) is 4.99 Å². The fraction of sp³-hybridized carbons (Fsp3) is 0.278. The molecule has 0 bridgehead atoms.